The first-order valence-electron chi connectivity index (χ1n) is 4.66. The summed E-state index contributed by atoms with van der Waals surface area (Å²) in [6, 6.07) is 0.654. The molecule has 1 unspecified atom stereocenters. The molecule has 3 heteroatoms. The third-order valence-electron chi connectivity index (χ3n) is 1.84. The van der Waals surface area contributed by atoms with E-state index >= 15 is 0 Å². The van der Waals surface area contributed by atoms with Crippen molar-refractivity contribution in [3.05, 3.63) is 0 Å². The molecule has 70 valence electrons. The molecule has 0 saturated carbocycles. The zero-order valence-corrected chi connectivity index (χ0v) is 8.95. The molecular formula is C9H18N2S. The molecule has 0 aliphatic carbocycles. The van der Waals surface area contributed by atoms with Gasteiger partial charge in [-0.15, -0.1) is 0 Å². The molecule has 0 spiro atoms. The van der Waals surface area contributed by atoms with Crippen molar-refractivity contribution in [3.63, 3.8) is 0 Å². The van der Waals surface area contributed by atoms with Gasteiger partial charge in [-0.3, -0.25) is 4.99 Å². The molecule has 1 aliphatic rings. The van der Waals surface area contributed by atoms with Crippen molar-refractivity contribution in [2.75, 3.05) is 12.3 Å². The van der Waals surface area contributed by atoms with Crippen LogP contribution in [-0.4, -0.2) is 23.5 Å². The average molecular weight is 186 g/mol. The highest BCUT2D eigenvalue weighted by Gasteiger charge is 2.17. The Hall–Kier alpha value is -0.180. The summed E-state index contributed by atoms with van der Waals surface area (Å²) >= 11 is 1.86. The fourth-order valence-electron chi connectivity index (χ4n) is 1.01. The Labute approximate surface area is 79.2 Å². The summed E-state index contributed by atoms with van der Waals surface area (Å²) in [5.41, 5.74) is 0. The molecule has 12 heavy (non-hydrogen) atoms. The van der Waals surface area contributed by atoms with Crippen molar-refractivity contribution < 1.29 is 0 Å². The zero-order valence-electron chi connectivity index (χ0n) is 8.13. The highest BCUT2D eigenvalue weighted by molar-refractivity contribution is 8.14. The summed E-state index contributed by atoms with van der Waals surface area (Å²) in [6.07, 6.45) is 1.20. The zero-order chi connectivity index (χ0) is 8.97. The Morgan fingerprint density at radius 2 is 2.42 bits per heavy atom. The SMILES string of the molecule is CCC1CSC(=NCC(C)C)N1. The second-order valence-corrected chi connectivity index (χ2v) is 4.61. The summed E-state index contributed by atoms with van der Waals surface area (Å²) in [5.74, 6) is 1.86. The first-order valence-corrected chi connectivity index (χ1v) is 5.64. The lowest BCUT2D eigenvalue weighted by atomic mass is 10.2. The molecule has 0 aromatic heterocycles. The van der Waals surface area contributed by atoms with Crippen molar-refractivity contribution in [2.24, 2.45) is 10.9 Å². The van der Waals surface area contributed by atoms with Crippen LogP contribution in [0, 0.1) is 5.92 Å². The van der Waals surface area contributed by atoms with E-state index in [2.05, 4.69) is 31.1 Å². The quantitative estimate of drug-likeness (QED) is 0.730. The van der Waals surface area contributed by atoms with E-state index in [1.165, 1.54) is 12.2 Å². The molecule has 1 saturated heterocycles. The van der Waals surface area contributed by atoms with Gasteiger partial charge in [0.05, 0.1) is 0 Å². The predicted molar refractivity (Wildman–Crippen MR) is 56.8 cm³/mol. The first-order chi connectivity index (χ1) is 5.72. The van der Waals surface area contributed by atoms with Gasteiger partial charge in [0.25, 0.3) is 0 Å². The van der Waals surface area contributed by atoms with Crippen LogP contribution in [0.2, 0.25) is 0 Å². The summed E-state index contributed by atoms with van der Waals surface area (Å²) in [5, 5.41) is 4.56. The summed E-state index contributed by atoms with van der Waals surface area (Å²) < 4.78 is 0. The van der Waals surface area contributed by atoms with Crippen molar-refractivity contribution in [3.8, 4) is 0 Å². The largest absolute Gasteiger partial charge is 0.361 e. The molecular weight excluding hydrogens is 168 g/mol. The van der Waals surface area contributed by atoms with Gasteiger partial charge >= 0.3 is 0 Å². The van der Waals surface area contributed by atoms with Gasteiger partial charge in [0.2, 0.25) is 0 Å². The number of hydrogen-bond acceptors (Lipinski definition) is 2. The van der Waals surface area contributed by atoms with Gasteiger partial charge in [0.1, 0.15) is 0 Å². The summed E-state index contributed by atoms with van der Waals surface area (Å²) in [6.45, 7) is 7.55. The van der Waals surface area contributed by atoms with Crippen molar-refractivity contribution in [1.82, 2.24) is 5.32 Å². The van der Waals surface area contributed by atoms with E-state index in [0.29, 0.717) is 12.0 Å². The second-order valence-electron chi connectivity index (χ2n) is 3.60. The lowest BCUT2D eigenvalue weighted by Gasteiger charge is -2.05. The van der Waals surface area contributed by atoms with Gasteiger partial charge in [-0.05, 0) is 12.3 Å². The van der Waals surface area contributed by atoms with E-state index in [9.17, 15) is 0 Å². The van der Waals surface area contributed by atoms with E-state index < -0.39 is 0 Å². The van der Waals surface area contributed by atoms with Crippen LogP contribution in [-0.2, 0) is 0 Å². The number of thioether (sulfide) groups is 1. The predicted octanol–water partition coefficient (Wildman–Crippen LogP) is 2.11. The fourth-order valence-corrected chi connectivity index (χ4v) is 2.11. The molecule has 0 bridgehead atoms. The van der Waals surface area contributed by atoms with E-state index in [-0.39, 0.29) is 0 Å². The highest BCUT2D eigenvalue weighted by Crippen LogP contribution is 2.15. The van der Waals surface area contributed by atoms with Crippen molar-refractivity contribution in [2.45, 2.75) is 33.2 Å². The van der Waals surface area contributed by atoms with Gasteiger partial charge in [-0.2, -0.15) is 0 Å². The first kappa shape index (κ1) is 9.90. The minimum absolute atomic E-state index is 0.654. The number of amidine groups is 1. The number of nitrogens with zero attached hydrogens (tertiary/aromatic N) is 1. The van der Waals surface area contributed by atoms with Crippen LogP contribution < -0.4 is 5.32 Å². The van der Waals surface area contributed by atoms with Crippen LogP contribution in [0.3, 0.4) is 0 Å². The van der Waals surface area contributed by atoms with E-state index in [0.717, 1.165) is 11.7 Å². The van der Waals surface area contributed by atoms with Crippen LogP contribution in [0.5, 0.6) is 0 Å². The number of hydrogen-bond donors (Lipinski definition) is 1. The molecule has 1 fully saturated rings. The van der Waals surface area contributed by atoms with Crippen LogP contribution in [0.1, 0.15) is 27.2 Å². The van der Waals surface area contributed by atoms with Crippen LogP contribution >= 0.6 is 11.8 Å². The molecule has 0 radical (unpaired) electrons. The van der Waals surface area contributed by atoms with Crippen LogP contribution in [0.15, 0.2) is 4.99 Å². The molecule has 1 rings (SSSR count). The van der Waals surface area contributed by atoms with E-state index in [1.54, 1.807) is 0 Å². The Morgan fingerprint density at radius 1 is 1.67 bits per heavy atom. The lowest BCUT2D eigenvalue weighted by Crippen LogP contribution is -2.26. The molecule has 1 aliphatic heterocycles. The monoisotopic (exact) mass is 186 g/mol. The Balaban J connectivity index is 2.30. The van der Waals surface area contributed by atoms with E-state index in [4.69, 9.17) is 0 Å². The maximum absolute atomic E-state index is 4.49. The lowest BCUT2D eigenvalue weighted by molar-refractivity contribution is 0.647. The normalized spacial score (nSPS) is 26.7. The Bertz CT molecular complexity index is 166. The Kier molecular flexibility index (Phi) is 3.92. The Morgan fingerprint density at radius 3 is 2.92 bits per heavy atom. The third-order valence-corrected chi connectivity index (χ3v) is 2.93. The minimum atomic E-state index is 0.654. The third kappa shape index (κ3) is 3.05. The number of nitrogens with one attached hydrogen (secondary N) is 1. The van der Waals surface area contributed by atoms with Gasteiger partial charge in [-0.25, -0.2) is 0 Å². The number of rotatable bonds is 3. The molecule has 0 aromatic rings. The summed E-state index contributed by atoms with van der Waals surface area (Å²) in [4.78, 5) is 4.49. The molecule has 1 heterocycles. The maximum Gasteiger partial charge on any atom is 0.156 e. The van der Waals surface area contributed by atoms with E-state index in [1.807, 2.05) is 11.8 Å². The van der Waals surface area contributed by atoms with Crippen molar-refractivity contribution >= 4 is 16.9 Å². The summed E-state index contributed by atoms with van der Waals surface area (Å²) in [7, 11) is 0. The average Bonchev–Trinajstić information content (AvgIpc) is 2.48. The topological polar surface area (TPSA) is 24.4 Å². The molecule has 0 amide bonds. The van der Waals surface area contributed by atoms with Crippen LogP contribution in [0.4, 0.5) is 0 Å². The minimum Gasteiger partial charge on any atom is -0.361 e. The fraction of sp³-hybridized carbons (Fsp3) is 0.889. The second kappa shape index (κ2) is 4.75. The molecule has 1 N–H and O–H groups in total. The smallest absolute Gasteiger partial charge is 0.156 e. The highest BCUT2D eigenvalue weighted by atomic mass is 32.2. The maximum atomic E-state index is 4.49. The van der Waals surface area contributed by atoms with Gasteiger partial charge in [-0.1, -0.05) is 32.5 Å². The number of aliphatic imine (C=N–C) groups is 1. The van der Waals surface area contributed by atoms with Crippen LogP contribution in [0.25, 0.3) is 0 Å². The molecule has 2 nitrogen and oxygen atoms in total. The van der Waals surface area contributed by atoms with Gasteiger partial charge < -0.3 is 5.32 Å². The van der Waals surface area contributed by atoms with Gasteiger partial charge in [0.15, 0.2) is 5.17 Å². The molecule has 1 atom stereocenters. The van der Waals surface area contributed by atoms with Gasteiger partial charge in [0, 0.05) is 18.3 Å². The van der Waals surface area contributed by atoms with Crippen molar-refractivity contribution in [1.29, 1.82) is 0 Å². The molecule has 0 aromatic carbocycles. The standard InChI is InChI=1S/C9H18N2S/c1-4-8-6-12-9(11-8)10-5-7(2)3/h7-8H,4-6H2,1-3H3,(H,10,11).